The normalized spacial score (nSPS) is 32.7. The Bertz CT molecular complexity index is 321. The van der Waals surface area contributed by atoms with E-state index in [1.54, 1.807) is 0 Å². The van der Waals surface area contributed by atoms with Crippen LogP contribution in [0.3, 0.4) is 0 Å². The standard InChI is InChI=1S/C15H27NO3/c1-14(2)12-15(7-10-19-14,11-13(17)18)16-8-5-3-4-6-9-16/h3-12H2,1-2H3,(H,17,18). The quantitative estimate of drug-likeness (QED) is 0.855. The molecule has 110 valence electrons. The highest BCUT2D eigenvalue weighted by atomic mass is 16.5. The van der Waals surface area contributed by atoms with E-state index < -0.39 is 5.97 Å². The fourth-order valence-corrected chi connectivity index (χ4v) is 3.81. The zero-order valence-corrected chi connectivity index (χ0v) is 12.3. The highest BCUT2D eigenvalue weighted by molar-refractivity contribution is 5.68. The van der Waals surface area contributed by atoms with E-state index >= 15 is 0 Å². The fraction of sp³-hybridized carbons (Fsp3) is 0.933. The van der Waals surface area contributed by atoms with E-state index in [-0.39, 0.29) is 17.6 Å². The van der Waals surface area contributed by atoms with E-state index in [0.29, 0.717) is 6.61 Å². The van der Waals surface area contributed by atoms with Gasteiger partial charge < -0.3 is 9.84 Å². The highest BCUT2D eigenvalue weighted by Crippen LogP contribution is 2.40. The van der Waals surface area contributed by atoms with Crippen LogP contribution in [0.25, 0.3) is 0 Å². The SMILES string of the molecule is CC1(C)CC(CC(=O)O)(N2CCCCCC2)CCO1. The maximum atomic E-state index is 11.3. The molecule has 1 N–H and O–H groups in total. The molecule has 0 aromatic carbocycles. The molecule has 0 aliphatic carbocycles. The van der Waals surface area contributed by atoms with Crippen LogP contribution in [0.5, 0.6) is 0 Å². The average Bonchev–Trinajstić information content (AvgIpc) is 2.55. The third-order valence-electron chi connectivity index (χ3n) is 4.57. The van der Waals surface area contributed by atoms with E-state index in [9.17, 15) is 9.90 Å². The van der Waals surface area contributed by atoms with Gasteiger partial charge in [-0.05, 0) is 52.6 Å². The molecule has 0 bridgehead atoms. The van der Waals surface area contributed by atoms with Gasteiger partial charge in [-0.1, -0.05) is 12.8 Å². The van der Waals surface area contributed by atoms with Gasteiger partial charge in [0.1, 0.15) is 0 Å². The van der Waals surface area contributed by atoms with Crippen molar-refractivity contribution in [2.75, 3.05) is 19.7 Å². The predicted molar refractivity (Wildman–Crippen MR) is 74.3 cm³/mol. The molecule has 0 aromatic rings. The van der Waals surface area contributed by atoms with Gasteiger partial charge in [0.05, 0.1) is 12.0 Å². The molecule has 0 aromatic heterocycles. The number of hydrogen-bond acceptors (Lipinski definition) is 3. The minimum absolute atomic E-state index is 0.197. The molecular formula is C15H27NO3. The lowest BCUT2D eigenvalue weighted by molar-refractivity contribution is -0.151. The van der Waals surface area contributed by atoms with Crippen molar-refractivity contribution in [1.29, 1.82) is 0 Å². The molecule has 1 atom stereocenters. The maximum absolute atomic E-state index is 11.3. The smallest absolute Gasteiger partial charge is 0.305 e. The van der Waals surface area contributed by atoms with E-state index in [2.05, 4.69) is 18.7 Å². The summed E-state index contributed by atoms with van der Waals surface area (Å²) in [6.45, 7) is 6.94. The lowest BCUT2D eigenvalue weighted by Gasteiger charge is -2.50. The number of rotatable bonds is 3. The molecule has 2 rings (SSSR count). The van der Waals surface area contributed by atoms with Crippen molar-refractivity contribution >= 4 is 5.97 Å². The van der Waals surface area contributed by atoms with Crippen molar-refractivity contribution in [1.82, 2.24) is 4.90 Å². The monoisotopic (exact) mass is 269 g/mol. The Hall–Kier alpha value is -0.610. The van der Waals surface area contributed by atoms with Crippen molar-refractivity contribution in [3.05, 3.63) is 0 Å². The molecule has 19 heavy (non-hydrogen) atoms. The van der Waals surface area contributed by atoms with Gasteiger partial charge in [-0.3, -0.25) is 9.69 Å². The molecule has 2 aliphatic heterocycles. The maximum Gasteiger partial charge on any atom is 0.305 e. The summed E-state index contributed by atoms with van der Waals surface area (Å²) in [6.07, 6.45) is 6.87. The molecule has 4 nitrogen and oxygen atoms in total. The Morgan fingerprint density at radius 1 is 1.21 bits per heavy atom. The summed E-state index contributed by atoms with van der Waals surface area (Å²) in [6, 6.07) is 0. The summed E-state index contributed by atoms with van der Waals surface area (Å²) in [4.78, 5) is 13.8. The summed E-state index contributed by atoms with van der Waals surface area (Å²) in [5.41, 5.74) is -0.405. The fourth-order valence-electron chi connectivity index (χ4n) is 3.81. The number of ether oxygens (including phenoxy) is 1. The van der Waals surface area contributed by atoms with Crippen LogP contribution in [0, 0.1) is 0 Å². The van der Waals surface area contributed by atoms with Gasteiger partial charge in [0.2, 0.25) is 0 Å². The summed E-state index contributed by atoms with van der Waals surface area (Å²) < 4.78 is 5.80. The van der Waals surface area contributed by atoms with Crippen LogP contribution < -0.4 is 0 Å². The summed E-state index contributed by atoms with van der Waals surface area (Å²) in [5.74, 6) is -0.679. The van der Waals surface area contributed by atoms with Gasteiger partial charge in [0.15, 0.2) is 0 Å². The predicted octanol–water partition coefficient (Wildman–Crippen LogP) is 2.66. The van der Waals surface area contributed by atoms with Crippen molar-refractivity contribution < 1.29 is 14.6 Å². The summed E-state index contributed by atoms with van der Waals surface area (Å²) >= 11 is 0. The second-order valence-electron chi connectivity index (χ2n) is 6.73. The van der Waals surface area contributed by atoms with Crippen molar-refractivity contribution in [3.8, 4) is 0 Å². The van der Waals surface area contributed by atoms with Gasteiger partial charge in [0, 0.05) is 12.1 Å². The Labute approximate surface area is 116 Å². The minimum atomic E-state index is -0.679. The van der Waals surface area contributed by atoms with E-state index in [0.717, 1.165) is 25.9 Å². The third kappa shape index (κ3) is 3.69. The molecule has 2 saturated heterocycles. The van der Waals surface area contributed by atoms with Crippen LogP contribution in [0.2, 0.25) is 0 Å². The lowest BCUT2D eigenvalue weighted by Crippen LogP contribution is -2.57. The van der Waals surface area contributed by atoms with Gasteiger partial charge in [-0.15, -0.1) is 0 Å². The third-order valence-corrected chi connectivity index (χ3v) is 4.57. The first-order valence-electron chi connectivity index (χ1n) is 7.54. The number of carbonyl (C=O) groups is 1. The Balaban J connectivity index is 2.19. The van der Waals surface area contributed by atoms with Crippen molar-refractivity contribution in [2.45, 2.75) is 69.9 Å². The average molecular weight is 269 g/mol. The Morgan fingerprint density at radius 2 is 1.84 bits per heavy atom. The van der Waals surface area contributed by atoms with Crippen LogP contribution in [0.15, 0.2) is 0 Å². The molecule has 2 aliphatic rings. The van der Waals surface area contributed by atoms with E-state index in [1.807, 2.05) is 0 Å². The zero-order valence-electron chi connectivity index (χ0n) is 12.3. The number of hydrogen-bond donors (Lipinski definition) is 1. The first-order chi connectivity index (χ1) is 8.94. The number of nitrogens with zero attached hydrogens (tertiary/aromatic N) is 1. The molecule has 0 radical (unpaired) electrons. The van der Waals surface area contributed by atoms with Crippen LogP contribution in [0.1, 0.15) is 58.8 Å². The molecule has 4 heteroatoms. The molecule has 1 unspecified atom stereocenters. The molecular weight excluding hydrogens is 242 g/mol. The topological polar surface area (TPSA) is 49.8 Å². The number of likely N-dealkylation sites (tertiary alicyclic amines) is 1. The number of carboxylic acid groups (broad SMARTS) is 1. The second-order valence-corrected chi connectivity index (χ2v) is 6.73. The van der Waals surface area contributed by atoms with Crippen molar-refractivity contribution in [2.24, 2.45) is 0 Å². The van der Waals surface area contributed by atoms with Crippen LogP contribution in [0.4, 0.5) is 0 Å². The summed E-state index contributed by atoms with van der Waals surface area (Å²) in [7, 11) is 0. The molecule has 2 fully saturated rings. The second kappa shape index (κ2) is 5.80. The molecule has 0 amide bonds. The van der Waals surface area contributed by atoms with E-state index in [1.165, 1.54) is 25.7 Å². The van der Waals surface area contributed by atoms with Crippen LogP contribution in [-0.4, -0.2) is 46.8 Å². The molecule has 2 heterocycles. The van der Waals surface area contributed by atoms with E-state index in [4.69, 9.17) is 4.74 Å². The zero-order chi connectivity index (χ0) is 13.9. The van der Waals surface area contributed by atoms with Gasteiger partial charge in [-0.2, -0.15) is 0 Å². The first kappa shape index (κ1) is 14.8. The van der Waals surface area contributed by atoms with Gasteiger partial charge in [0.25, 0.3) is 0 Å². The minimum Gasteiger partial charge on any atom is -0.481 e. The number of aliphatic carboxylic acids is 1. The highest BCUT2D eigenvalue weighted by Gasteiger charge is 2.46. The first-order valence-corrected chi connectivity index (χ1v) is 7.54. The largest absolute Gasteiger partial charge is 0.481 e. The Morgan fingerprint density at radius 3 is 2.37 bits per heavy atom. The van der Waals surface area contributed by atoms with Crippen molar-refractivity contribution in [3.63, 3.8) is 0 Å². The number of carboxylic acids is 1. The van der Waals surface area contributed by atoms with Crippen LogP contribution in [-0.2, 0) is 9.53 Å². The molecule has 0 saturated carbocycles. The Kier molecular flexibility index (Phi) is 4.51. The van der Waals surface area contributed by atoms with Gasteiger partial charge >= 0.3 is 5.97 Å². The van der Waals surface area contributed by atoms with Gasteiger partial charge in [-0.25, -0.2) is 0 Å². The lowest BCUT2D eigenvalue weighted by atomic mass is 9.77. The van der Waals surface area contributed by atoms with Crippen LogP contribution >= 0.6 is 0 Å². The summed E-state index contributed by atoms with van der Waals surface area (Å²) in [5, 5.41) is 9.33. The molecule has 0 spiro atoms.